The first-order valence-electron chi connectivity index (χ1n) is 8.19. The summed E-state index contributed by atoms with van der Waals surface area (Å²) in [5, 5.41) is 3.94. The van der Waals surface area contributed by atoms with E-state index in [2.05, 4.69) is 10.5 Å². The van der Waals surface area contributed by atoms with E-state index < -0.39 is 5.91 Å². The molecule has 140 valence electrons. The van der Waals surface area contributed by atoms with E-state index >= 15 is 0 Å². The summed E-state index contributed by atoms with van der Waals surface area (Å²) in [5.74, 6) is 0.911. The van der Waals surface area contributed by atoms with Crippen molar-refractivity contribution in [2.45, 2.75) is 0 Å². The van der Waals surface area contributed by atoms with E-state index in [-0.39, 0.29) is 19.1 Å². The minimum Gasteiger partial charge on any atom is -0.493 e. The summed E-state index contributed by atoms with van der Waals surface area (Å²) in [7, 11) is 3.06. The van der Waals surface area contributed by atoms with Crippen LogP contribution in [-0.2, 0) is 9.59 Å². The fourth-order valence-corrected chi connectivity index (χ4v) is 2.69. The van der Waals surface area contributed by atoms with E-state index in [9.17, 15) is 9.59 Å². The monoisotopic (exact) mass is 369 g/mol. The van der Waals surface area contributed by atoms with E-state index in [0.29, 0.717) is 28.5 Å². The average Bonchev–Trinajstić information content (AvgIpc) is 2.70. The van der Waals surface area contributed by atoms with Crippen LogP contribution >= 0.6 is 0 Å². The summed E-state index contributed by atoms with van der Waals surface area (Å²) in [6.07, 6.45) is 1.45. The van der Waals surface area contributed by atoms with Gasteiger partial charge in [-0.3, -0.25) is 14.5 Å². The lowest BCUT2D eigenvalue weighted by Gasteiger charge is -2.28. The maximum absolute atomic E-state index is 12.2. The van der Waals surface area contributed by atoms with Crippen molar-refractivity contribution in [3.8, 4) is 17.2 Å². The smallest absolute Gasteiger partial charge is 0.265 e. The van der Waals surface area contributed by atoms with Gasteiger partial charge < -0.3 is 14.2 Å². The molecule has 0 unspecified atom stereocenters. The highest BCUT2D eigenvalue weighted by Gasteiger charge is 2.26. The Bertz CT molecular complexity index is 881. The number of anilines is 1. The zero-order valence-electron chi connectivity index (χ0n) is 15.0. The minimum absolute atomic E-state index is 0.103. The Balaban J connectivity index is 1.67. The van der Waals surface area contributed by atoms with Crippen LogP contribution in [0.1, 0.15) is 5.56 Å². The molecule has 2 aromatic rings. The van der Waals surface area contributed by atoms with E-state index in [1.54, 1.807) is 42.5 Å². The lowest BCUT2D eigenvalue weighted by atomic mass is 10.2. The minimum atomic E-state index is -0.432. The molecule has 8 heteroatoms. The zero-order valence-corrected chi connectivity index (χ0v) is 15.0. The number of methoxy groups -OCH3 is 2. The molecule has 0 saturated carbocycles. The number of nitrogens with zero attached hydrogens (tertiary/aromatic N) is 2. The Morgan fingerprint density at radius 2 is 2.04 bits per heavy atom. The van der Waals surface area contributed by atoms with E-state index in [1.165, 1.54) is 25.3 Å². The predicted octanol–water partition coefficient (Wildman–Crippen LogP) is 1.58. The molecule has 0 aliphatic carbocycles. The lowest BCUT2D eigenvalue weighted by molar-refractivity contribution is -0.125. The van der Waals surface area contributed by atoms with Gasteiger partial charge in [-0.1, -0.05) is 18.2 Å². The topological polar surface area (TPSA) is 89.5 Å². The molecule has 2 amide bonds. The molecule has 0 atom stereocenters. The standard InChI is InChI=1S/C19H19N3O5/c1-25-16-9-5-6-13(19(16)26-2)10-20-21-17(23)11-22-14-7-3-4-8-15(14)27-12-18(22)24/h3-10H,11-12H2,1-2H3,(H,21,23)/b20-10-. The van der Waals surface area contributed by atoms with Crippen LogP contribution in [0.15, 0.2) is 47.6 Å². The van der Waals surface area contributed by atoms with Crippen molar-refractivity contribution in [1.29, 1.82) is 0 Å². The van der Waals surface area contributed by atoms with Crippen molar-refractivity contribution in [1.82, 2.24) is 5.43 Å². The molecule has 0 saturated heterocycles. The van der Waals surface area contributed by atoms with Crippen LogP contribution in [0.2, 0.25) is 0 Å². The van der Waals surface area contributed by atoms with Crippen molar-refractivity contribution < 1.29 is 23.8 Å². The molecule has 0 radical (unpaired) electrons. The molecule has 0 spiro atoms. The van der Waals surface area contributed by atoms with E-state index in [4.69, 9.17) is 14.2 Å². The number of hydrogen-bond donors (Lipinski definition) is 1. The SMILES string of the molecule is COc1cccc(/C=N\NC(=O)CN2C(=O)COc3ccccc32)c1OC. The summed E-state index contributed by atoms with van der Waals surface area (Å²) in [6.45, 7) is -0.264. The van der Waals surface area contributed by atoms with Gasteiger partial charge in [0.2, 0.25) is 0 Å². The van der Waals surface area contributed by atoms with Crippen LogP contribution < -0.4 is 24.5 Å². The number of benzene rings is 2. The highest BCUT2D eigenvalue weighted by atomic mass is 16.5. The van der Waals surface area contributed by atoms with Crippen LogP contribution in [0.3, 0.4) is 0 Å². The molecule has 2 aromatic carbocycles. The number of carbonyl (C=O) groups is 2. The molecule has 1 aliphatic rings. The van der Waals surface area contributed by atoms with Crippen molar-refractivity contribution >= 4 is 23.7 Å². The number of hydrogen-bond acceptors (Lipinski definition) is 6. The van der Waals surface area contributed by atoms with Gasteiger partial charge in [0, 0.05) is 5.56 Å². The Morgan fingerprint density at radius 3 is 2.81 bits per heavy atom. The van der Waals surface area contributed by atoms with Gasteiger partial charge in [0.15, 0.2) is 18.1 Å². The highest BCUT2D eigenvalue weighted by molar-refractivity contribution is 6.02. The van der Waals surface area contributed by atoms with E-state index in [0.717, 1.165) is 0 Å². The first kappa shape index (κ1) is 18.2. The summed E-state index contributed by atoms with van der Waals surface area (Å²) in [5.41, 5.74) is 3.62. The Hall–Kier alpha value is -3.55. The zero-order chi connectivity index (χ0) is 19.2. The van der Waals surface area contributed by atoms with Gasteiger partial charge in [-0.25, -0.2) is 5.43 Å². The number of fused-ring (bicyclic) bond motifs is 1. The Labute approximate surface area is 156 Å². The fourth-order valence-electron chi connectivity index (χ4n) is 2.69. The number of carbonyl (C=O) groups excluding carboxylic acids is 2. The van der Waals surface area contributed by atoms with E-state index in [1.807, 2.05) is 0 Å². The van der Waals surface area contributed by atoms with Gasteiger partial charge in [-0.05, 0) is 24.3 Å². The summed E-state index contributed by atoms with van der Waals surface area (Å²) in [6, 6.07) is 12.4. The molecule has 0 fully saturated rings. The number of hydrazone groups is 1. The summed E-state index contributed by atoms with van der Waals surface area (Å²) < 4.78 is 15.9. The third kappa shape index (κ3) is 4.00. The van der Waals surface area contributed by atoms with Crippen LogP contribution in [0.4, 0.5) is 5.69 Å². The van der Waals surface area contributed by atoms with Gasteiger partial charge in [0.05, 0.1) is 26.1 Å². The molecule has 8 nitrogen and oxygen atoms in total. The largest absolute Gasteiger partial charge is 0.493 e. The molecular formula is C19H19N3O5. The van der Waals surface area contributed by atoms with Crippen LogP contribution in [-0.4, -0.2) is 45.4 Å². The molecular weight excluding hydrogens is 350 g/mol. The second kappa shape index (κ2) is 8.22. The van der Waals surface area contributed by atoms with Gasteiger partial charge in [-0.15, -0.1) is 0 Å². The first-order valence-corrected chi connectivity index (χ1v) is 8.19. The number of ether oxygens (including phenoxy) is 3. The van der Waals surface area contributed by atoms with Crippen LogP contribution in [0, 0.1) is 0 Å². The van der Waals surface area contributed by atoms with Crippen molar-refractivity contribution in [3.63, 3.8) is 0 Å². The second-order valence-corrected chi connectivity index (χ2v) is 5.61. The lowest BCUT2D eigenvalue weighted by Crippen LogP contribution is -2.44. The molecule has 0 aromatic heterocycles. The van der Waals surface area contributed by atoms with Gasteiger partial charge in [-0.2, -0.15) is 5.10 Å². The molecule has 3 rings (SSSR count). The van der Waals surface area contributed by atoms with Gasteiger partial charge in [0.1, 0.15) is 12.3 Å². The average molecular weight is 369 g/mol. The third-order valence-corrected chi connectivity index (χ3v) is 3.94. The number of amides is 2. The second-order valence-electron chi connectivity index (χ2n) is 5.61. The maximum atomic E-state index is 12.2. The Kier molecular flexibility index (Phi) is 5.55. The highest BCUT2D eigenvalue weighted by Crippen LogP contribution is 2.31. The summed E-state index contributed by atoms with van der Waals surface area (Å²) >= 11 is 0. The van der Waals surface area contributed by atoms with Crippen molar-refractivity contribution in [2.24, 2.45) is 5.10 Å². The Morgan fingerprint density at radius 1 is 1.22 bits per heavy atom. The van der Waals surface area contributed by atoms with Gasteiger partial charge in [0.25, 0.3) is 11.8 Å². The predicted molar refractivity (Wildman–Crippen MR) is 99.6 cm³/mol. The van der Waals surface area contributed by atoms with Gasteiger partial charge >= 0.3 is 0 Å². The molecule has 0 bridgehead atoms. The molecule has 1 aliphatic heterocycles. The fraction of sp³-hybridized carbons (Fsp3) is 0.211. The van der Waals surface area contributed by atoms with Crippen LogP contribution in [0.5, 0.6) is 17.2 Å². The number of rotatable bonds is 6. The van der Waals surface area contributed by atoms with Crippen molar-refractivity contribution in [3.05, 3.63) is 48.0 Å². The first-order chi connectivity index (χ1) is 13.1. The summed E-state index contributed by atoms with van der Waals surface area (Å²) in [4.78, 5) is 25.7. The molecule has 1 heterocycles. The quantitative estimate of drug-likeness (QED) is 0.617. The van der Waals surface area contributed by atoms with Crippen molar-refractivity contribution in [2.75, 3.05) is 32.3 Å². The van der Waals surface area contributed by atoms with Crippen LogP contribution in [0.25, 0.3) is 0 Å². The molecule has 27 heavy (non-hydrogen) atoms. The number of para-hydroxylation sites is 3. The number of nitrogens with one attached hydrogen (secondary N) is 1. The maximum Gasteiger partial charge on any atom is 0.265 e. The normalized spacial score (nSPS) is 13.1. The third-order valence-electron chi connectivity index (χ3n) is 3.94. The molecule has 1 N–H and O–H groups in total.